The molecule has 1 aliphatic rings. The molecule has 0 radical (unpaired) electrons. The Balaban J connectivity index is 0.0000145. The van der Waals surface area contributed by atoms with Crippen LogP contribution in [0.3, 0.4) is 0 Å². The fourth-order valence-electron chi connectivity index (χ4n) is 10.7. The Labute approximate surface area is 430 Å². The summed E-state index contributed by atoms with van der Waals surface area (Å²) in [4.78, 5) is 0. The van der Waals surface area contributed by atoms with Crippen LogP contribution in [-0.2, 0) is 55.0 Å². The van der Waals surface area contributed by atoms with Crippen molar-refractivity contribution in [1.82, 2.24) is 0 Å². The zero-order valence-corrected chi connectivity index (χ0v) is 47.4. The fourth-order valence-corrected chi connectivity index (χ4v) is 10.7. The van der Waals surface area contributed by atoms with Gasteiger partial charge >= 0.3 is 16.5 Å². The molecule has 2 aromatic carbocycles. The van der Waals surface area contributed by atoms with Crippen molar-refractivity contribution in [3.05, 3.63) is 100 Å². The summed E-state index contributed by atoms with van der Waals surface area (Å²) in [6.45, 7) is 18.7. The van der Waals surface area contributed by atoms with E-state index in [1.54, 1.807) is 38.1 Å². The number of unbranched alkanes of at least 4 members (excludes halogenated alkanes) is 22. The smallest absolute Gasteiger partial charge is 0.493 e. The maximum Gasteiger partial charge on any atom is 2.00 e. The van der Waals surface area contributed by atoms with E-state index in [1.807, 2.05) is 0 Å². The molecule has 0 spiro atoms. The predicted molar refractivity (Wildman–Crippen MR) is 299 cm³/mol. The van der Waals surface area contributed by atoms with E-state index in [1.165, 1.54) is 221 Å². The Morgan fingerprint density at radius 1 is 0.299 bits per heavy atom. The number of nitrogens with zero attached hydrogens (tertiary/aromatic N) is 2. The molecule has 2 aromatic rings. The maximum absolute atomic E-state index is 13.2. The minimum Gasteiger partial charge on any atom is -0.493 e. The van der Waals surface area contributed by atoms with Gasteiger partial charge in [-0.3, -0.25) is 0 Å². The van der Waals surface area contributed by atoms with E-state index in [2.05, 4.69) is 79.7 Å². The average Bonchev–Trinajstić information content (AvgIpc) is 3.58. The van der Waals surface area contributed by atoms with Gasteiger partial charge in [-0.2, -0.15) is 0 Å². The van der Waals surface area contributed by atoms with Gasteiger partial charge in [0.25, 0.3) is 0 Å². The van der Waals surface area contributed by atoms with E-state index < -0.39 is 0 Å². The molecule has 3 rings (SSSR count). The molecular weight excluding hydrogens is 855 g/mol. The summed E-state index contributed by atoms with van der Waals surface area (Å²) >= 11 is 0. The molecule has 2 nitrogen and oxygen atoms in total. The monoisotopic (exact) mass is 965 g/mol. The third-order valence-corrected chi connectivity index (χ3v) is 14.6. The number of hydrogen-bond donors (Lipinski definition) is 0. The first kappa shape index (κ1) is 65.0. The molecule has 0 bridgehead atoms. The van der Waals surface area contributed by atoms with Gasteiger partial charge in [-0.05, 0) is 160 Å². The van der Waals surface area contributed by atoms with E-state index in [-0.39, 0.29) is 31.3 Å². The summed E-state index contributed by atoms with van der Waals surface area (Å²) in [7, 11) is 0. The van der Waals surface area contributed by atoms with Crippen LogP contribution >= 0.6 is 0 Å². The van der Waals surface area contributed by atoms with Crippen LogP contribution in [0.15, 0.2) is 35.4 Å². The van der Waals surface area contributed by atoms with Crippen molar-refractivity contribution in [2.45, 2.75) is 299 Å². The van der Waals surface area contributed by atoms with Crippen LogP contribution in [0.1, 0.15) is 305 Å². The number of allylic oxidation sites excluding steroid dienone is 2. The second-order valence-electron chi connectivity index (χ2n) is 20.3. The molecule has 0 unspecified atom stereocenters. The number of hydrogen-bond acceptors (Lipinski definition) is 0. The zero-order valence-electron chi connectivity index (χ0n) is 46.4. The zero-order chi connectivity index (χ0) is 46.2. The van der Waals surface area contributed by atoms with Crippen molar-refractivity contribution in [2.24, 2.45) is 0 Å². The first-order valence-electron chi connectivity index (χ1n) is 28.7. The summed E-state index contributed by atoms with van der Waals surface area (Å²) in [6.07, 6.45) is 47.6. The quantitative estimate of drug-likeness (QED) is 0.0275. The third-order valence-electron chi connectivity index (χ3n) is 14.6. The average molecular weight is 966 g/mol. The van der Waals surface area contributed by atoms with E-state index in [9.17, 15) is 5.53 Å². The molecule has 0 fully saturated rings. The molecule has 0 N–H and O–H groups in total. The molecule has 0 aliphatic carbocycles. The summed E-state index contributed by atoms with van der Waals surface area (Å²) in [5, 5.41) is 0. The van der Waals surface area contributed by atoms with Gasteiger partial charge in [0.05, 0.1) is 0 Å². The van der Waals surface area contributed by atoms with Gasteiger partial charge in [-0.1, -0.05) is 197 Å². The van der Waals surface area contributed by atoms with Crippen LogP contribution in [-0.4, -0.2) is 4.70 Å². The fraction of sp³-hybridized carbons (Fsp3) is 0.719. The normalized spacial score (nSPS) is 12.5. The Kier molecular flexibility index (Phi) is 39.5. The summed E-state index contributed by atoms with van der Waals surface area (Å²) < 4.78 is 1.77. The van der Waals surface area contributed by atoms with Gasteiger partial charge in [-0.25, -0.2) is 4.70 Å². The van der Waals surface area contributed by atoms with Crippen LogP contribution < -0.4 is 0 Å². The first-order chi connectivity index (χ1) is 31.4. The van der Waals surface area contributed by atoms with E-state index >= 15 is 0 Å². The SMILES string of the molecule is CCCCCCC1=C(c2cc(CCCCCC)c(CCCCCC)c(CCCCCC)c2)[N+](=[N-])C(c2cc(CCCCCC)c(CCCCCC)c(CCCCCC)c2)=C1CCCC.[CH3-].[CH3-].[Ni+2]. The molecule has 386 valence electrons. The van der Waals surface area contributed by atoms with Crippen molar-refractivity contribution < 1.29 is 21.2 Å². The Hall–Kier alpha value is -1.99. The van der Waals surface area contributed by atoms with E-state index in [0.29, 0.717) is 0 Å². The number of aryl methyl sites for hydroxylation is 4. The van der Waals surface area contributed by atoms with Crippen LogP contribution in [0.4, 0.5) is 0 Å². The molecule has 67 heavy (non-hydrogen) atoms. The summed E-state index contributed by atoms with van der Waals surface area (Å²) in [5.74, 6) is 0. The molecule has 0 saturated heterocycles. The second kappa shape index (κ2) is 40.7. The van der Waals surface area contributed by atoms with Gasteiger partial charge in [-0.15, -0.1) is 0 Å². The van der Waals surface area contributed by atoms with Crippen LogP contribution in [0.25, 0.3) is 16.9 Å². The van der Waals surface area contributed by atoms with Crippen molar-refractivity contribution in [2.75, 3.05) is 0 Å². The largest absolute Gasteiger partial charge is 2.00 e. The van der Waals surface area contributed by atoms with Gasteiger partial charge in [0.1, 0.15) is 0 Å². The predicted octanol–water partition coefficient (Wildman–Crippen LogP) is 21.7. The maximum atomic E-state index is 13.2. The van der Waals surface area contributed by atoms with Crippen molar-refractivity contribution >= 4 is 11.4 Å². The number of rotatable bonds is 40. The van der Waals surface area contributed by atoms with Crippen LogP contribution in [0.5, 0.6) is 0 Å². The van der Waals surface area contributed by atoms with Gasteiger partial charge in [0.15, 0.2) is 0 Å². The number of benzene rings is 2. The molecule has 0 amide bonds. The third kappa shape index (κ3) is 22.8. The molecule has 3 heteroatoms. The van der Waals surface area contributed by atoms with Gasteiger partial charge < -0.3 is 20.4 Å². The molecular formula is C64H110N2Ni. The summed E-state index contributed by atoms with van der Waals surface area (Å²) in [6, 6.07) is 10.4. The molecule has 1 heterocycles. The van der Waals surface area contributed by atoms with Crippen LogP contribution in [0, 0.1) is 14.9 Å². The standard InChI is InChI=1S/C62H104N2.2CH3.Ni/c1-9-17-25-32-39-51-47-55(48-52(40-33-26-18-10-2)57(51)44-36-29-21-13-5)61-59(43-24-16-8)60(46-38-31-23-15-7)62(64(61)63)56-49-53(41-34-27-19-11-3)58(45-37-30-22-14-6)54(50-56)42-35-28-20-12-4;;;/h47-50H,9-46H2,1-8H3;2*1H3;/q;2*-1;+2. The Morgan fingerprint density at radius 2 is 0.522 bits per heavy atom. The summed E-state index contributed by atoms with van der Waals surface area (Å²) in [5.41, 5.74) is 30.6. The Morgan fingerprint density at radius 3 is 0.776 bits per heavy atom. The molecule has 1 aliphatic heterocycles. The van der Waals surface area contributed by atoms with Crippen LogP contribution in [0.2, 0.25) is 0 Å². The van der Waals surface area contributed by atoms with Crippen molar-refractivity contribution in [3.63, 3.8) is 0 Å². The minimum atomic E-state index is 0. The van der Waals surface area contributed by atoms with Gasteiger partial charge in [0, 0.05) is 22.3 Å². The molecule has 0 atom stereocenters. The van der Waals surface area contributed by atoms with E-state index in [0.717, 1.165) is 56.3 Å². The van der Waals surface area contributed by atoms with E-state index in [4.69, 9.17) is 0 Å². The second-order valence-corrected chi connectivity index (χ2v) is 20.3. The molecule has 0 saturated carbocycles. The minimum absolute atomic E-state index is 0. The Bertz CT molecular complexity index is 1580. The van der Waals surface area contributed by atoms with Crippen molar-refractivity contribution in [1.29, 1.82) is 0 Å². The molecule has 0 aromatic heterocycles. The topological polar surface area (TPSA) is 25.3 Å². The van der Waals surface area contributed by atoms with Crippen molar-refractivity contribution in [3.8, 4) is 0 Å². The van der Waals surface area contributed by atoms with Gasteiger partial charge in [0.2, 0.25) is 11.4 Å². The first-order valence-corrected chi connectivity index (χ1v) is 28.7.